The van der Waals surface area contributed by atoms with E-state index in [0.29, 0.717) is 12.1 Å². The molecule has 20 heavy (non-hydrogen) atoms. The molecule has 0 bridgehead atoms. The summed E-state index contributed by atoms with van der Waals surface area (Å²) in [5.41, 5.74) is -1.19. The zero-order valence-corrected chi connectivity index (χ0v) is 11.2. The van der Waals surface area contributed by atoms with Gasteiger partial charge in [-0.1, -0.05) is 0 Å². The molecule has 0 amide bonds. The zero-order chi connectivity index (χ0) is 15.0. The molecule has 0 atom stereocenters. The predicted molar refractivity (Wildman–Crippen MR) is 66.7 cm³/mol. The van der Waals surface area contributed by atoms with Crippen molar-refractivity contribution in [3.63, 3.8) is 0 Å². The summed E-state index contributed by atoms with van der Waals surface area (Å²) < 4.78 is 73.7. The van der Waals surface area contributed by atoms with E-state index in [9.17, 15) is 26.0 Å². The molecule has 1 heterocycles. The van der Waals surface area contributed by atoms with Crippen LogP contribution in [-0.4, -0.2) is 26.0 Å². The molecule has 8 heteroatoms. The van der Waals surface area contributed by atoms with Gasteiger partial charge < -0.3 is 5.32 Å². The molecule has 1 N–H and O–H groups in total. The Morgan fingerprint density at radius 3 is 2.30 bits per heavy atom. The van der Waals surface area contributed by atoms with Crippen LogP contribution < -0.4 is 5.32 Å². The minimum atomic E-state index is -4.54. The van der Waals surface area contributed by atoms with Crippen molar-refractivity contribution in [3.8, 4) is 0 Å². The van der Waals surface area contributed by atoms with Gasteiger partial charge in [-0.2, -0.15) is 13.2 Å². The maximum atomic E-state index is 13.5. The van der Waals surface area contributed by atoms with Gasteiger partial charge >= 0.3 is 6.18 Å². The number of rotatable bonds is 2. The summed E-state index contributed by atoms with van der Waals surface area (Å²) in [6.07, 6.45) is -4.02. The maximum absolute atomic E-state index is 13.5. The van der Waals surface area contributed by atoms with Gasteiger partial charge in [0.2, 0.25) is 0 Å². The van der Waals surface area contributed by atoms with Crippen LogP contribution in [0, 0.1) is 5.82 Å². The summed E-state index contributed by atoms with van der Waals surface area (Å²) in [5.74, 6) is -0.859. The molecular weight excluding hydrogens is 298 g/mol. The van der Waals surface area contributed by atoms with Crippen LogP contribution in [0.1, 0.15) is 18.4 Å². The van der Waals surface area contributed by atoms with Crippen LogP contribution in [-0.2, 0) is 16.0 Å². The fourth-order valence-corrected chi connectivity index (χ4v) is 3.56. The Balaban J connectivity index is 2.13. The second-order valence-electron chi connectivity index (χ2n) is 4.76. The average molecular weight is 311 g/mol. The Morgan fingerprint density at radius 2 is 1.75 bits per heavy atom. The molecule has 112 valence electrons. The van der Waals surface area contributed by atoms with Gasteiger partial charge in [-0.15, -0.1) is 0 Å². The van der Waals surface area contributed by atoms with E-state index in [1.165, 1.54) is 0 Å². The topological polar surface area (TPSA) is 46.2 Å². The molecule has 0 aromatic heterocycles. The average Bonchev–Trinajstić information content (AvgIpc) is 2.33. The molecule has 3 nitrogen and oxygen atoms in total. The summed E-state index contributed by atoms with van der Waals surface area (Å²) in [7, 11) is -3.06. The summed E-state index contributed by atoms with van der Waals surface area (Å²) in [4.78, 5) is 0. The minimum absolute atomic E-state index is 0.0365. The Hall–Kier alpha value is -1.31. The van der Waals surface area contributed by atoms with Crippen LogP contribution in [0.3, 0.4) is 0 Å². The molecule has 0 saturated carbocycles. The van der Waals surface area contributed by atoms with Gasteiger partial charge in [-0.25, -0.2) is 12.8 Å². The van der Waals surface area contributed by atoms with Gasteiger partial charge in [0.25, 0.3) is 0 Å². The summed E-state index contributed by atoms with van der Waals surface area (Å²) in [6, 6.07) is 1.80. The monoisotopic (exact) mass is 311 g/mol. The van der Waals surface area contributed by atoms with Crippen LogP contribution >= 0.6 is 0 Å². The molecule has 1 aliphatic rings. The molecule has 1 aromatic carbocycles. The third-order valence-corrected chi connectivity index (χ3v) is 4.92. The van der Waals surface area contributed by atoms with Gasteiger partial charge in [0.05, 0.1) is 22.8 Å². The number of hydrogen-bond donors (Lipinski definition) is 1. The zero-order valence-electron chi connectivity index (χ0n) is 10.4. The molecule has 0 aliphatic carbocycles. The lowest BCUT2D eigenvalue weighted by Crippen LogP contribution is -2.32. The molecule has 2 rings (SSSR count). The first-order chi connectivity index (χ1) is 9.17. The molecule has 1 aromatic rings. The van der Waals surface area contributed by atoms with E-state index in [1.807, 2.05) is 0 Å². The maximum Gasteiger partial charge on any atom is 0.416 e. The highest BCUT2D eigenvalue weighted by atomic mass is 32.2. The number of hydrogen-bond acceptors (Lipinski definition) is 3. The molecule has 1 aliphatic heterocycles. The number of anilines is 1. The van der Waals surface area contributed by atoms with Crippen molar-refractivity contribution in [3.05, 3.63) is 29.6 Å². The first kappa shape index (κ1) is 15.1. The lowest BCUT2D eigenvalue weighted by Gasteiger charge is -2.24. The summed E-state index contributed by atoms with van der Waals surface area (Å²) in [6.45, 7) is 0. The van der Waals surface area contributed by atoms with Gasteiger partial charge in [0.1, 0.15) is 15.7 Å². The van der Waals surface area contributed by atoms with Crippen LogP contribution in [0.2, 0.25) is 0 Å². The first-order valence-electron chi connectivity index (χ1n) is 6.01. The van der Waals surface area contributed by atoms with Crippen LogP contribution in [0.5, 0.6) is 0 Å². The third-order valence-electron chi connectivity index (χ3n) is 3.21. The second kappa shape index (κ2) is 5.23. The van der Waals surface area contributed by atoms with Gasteiger partial charge in [-0.05, 0) is 31.0 Å². The standard InChI is InChI=1S/C12H13F4NO2S/c13-10-2-1-8(12(14,15)16)7-11(10)17-9-3-5-20(18,19)6-4-9/h1-2,7,9,17H,3-6H2. The Bertz CT molecular complexity index is 584. The smallest absolute Gasteiger partial charge is 0.380 e. The number of sulfone groups is 1. The van der Waals surface area contributed by atoms with E-state index < -0.39 is 27.4 Å². The number of benzene rings is 1. The minimum Gasteiger partial charge on any atom is -0.380 e. The molecule has 0 radical (unpaired) electrons. The summed E-state index contributed by atoms with van der Waals surface area (Å²) in [5, 5.41) is 2.66. The SMILES string of the molecule is O=S1(=O)CCC(Nc2cc(C(F)(F)F)ccc2F)CC1. The lowest BCUT2D eigenvalue weighted by atomic mass is 10.1. The van der Waals surface area contributed by atoms with Crippen LogP contribution in [0.4, 0.5) is 23.2 Å². The van der Waals surface area contributed by atoms with Gasteiger partial charge in [0, 0.05) is 6.04 Å². The Morgan fingerprint density at radius 1 is 1.15 bits per heavy atom. The molecular formula is C12H13F4NO2S. The summed E-state index contributed by atoms with van der Waals surface area (Å²) >= 11 is 0. The highest BCUT2D eigenvalue weighted by molar-refractivity contribution is 7.91. The number of alkyl halides is 3. The van der Waals surface area contributed by atoms with E-state index >= 15 is 0 Å². The van der Waals surface area contributed by atoms with Crippen molar-refractivity contribution in [2.75, 3.05) is 16.8 Å². The molecule has 0 spiro atoms. The van der Waals surface area contributed by atoms with Crippen LogP contribution in [0.15, 0.2) is 18.2 Å². The van der Waals surface area contributed by atoms with Crippen molar-refractivity contribution >= 4 is 15.5 Å². The largest absolute Gasteiger partial charge is 0.416 e. The number of halogens is 4. The van der Waals surface area contributed by atoms with Crippen molar-refractivity contribution in [2.45, 2.75) is 25.1 Å². The van der Waals surface area contributed by atoms with Crippen molar-refractivity contribution in [2.24, 2.45) is 0 Å². The van der Waals surface area contributed by atoms with Crippen molar-refractivity contribution in [1.29, 1.82) is 0 Å². The Labute approximate surface area is 113 Å². The van der Waals surface area contributed by atoms with Crippen LogP contribution in [0.25, 0.3) is 0 Å². The Kier molecular flexibility index (Phi) is 3.95. The van der Waals surface area contributed by atoms with E-state index in [1.54, 1.807) is 0 Å². The van der Waals surface area contributed by atoms with E-state index in [2.05, 4.69) is 5.32 Å². The third kappa shape index (κ3) is 3.62. The van der Waals surface area contributed by atoms with E-state index in [0.717, 1.165) is 6.07 Å². The van der Waals surface area contributed by atoms with Crippen molar-refractivity contribution < 1.29 is 26.0 Å². The molecule has 1 fully saturated rings. The fourth-order valence-electron chi connectivity index (χ4n) is 2.07. The number of nitrogens with one attached hydrogen (secondary N) is 1. The van der Waals surface area contributed by atoms with E-state index in [-0.39, 0.29) is 36.1 Å². The first-order valence-corrected chi connectivity index (χ1v) is 7.83. The fraction of sp³-hybridized carbons (Fsp3) is 0.500. The van der Waals surface area contributed by atoms with Crippen molar-refractivity contribution in [1.82, 2.24) is 0 Å². The predicted octanol–water partition coefficient (Wildman–Crippen LogP) is 2.83. The normalized spacial score (nSPS) is 19.8. The van der Waals surface area contributed by atoms with E-state index in [4.69, 9.17) is 0 Å². The second-order valence-corrected chi connectivity index (χ2v) is 7.07. The highest BCUT2D eigenvalue weighted by Crippen LogP contribution is 2.32. The quantitative estimate of drug-likeness (QED) is 0.854. The van der Waals surface area contributed by atoms with Gasteiger partial charge in [0.15, 0.2) is 0 Å². The lowest BCUT2D eigenvalue weighted by molar-refractivity contribution is -0.137. The molecule has 0 unspecified atom stereocenters. The highest BCUT2D eigenvalue weighted by Gasteiger charge is 2.31. The van der Waals surface area contributed by atoms with Gasteiger partial charge in [-0.3, -0.25) is 0 Å². The molecule has 1 saturated heterocycles.